The third-order valence-electron chi connectivity index (χ3n) is 3.84. The van der Waals surface area contributed by atoms with Gasteiger partial charge in [-0.25, -0.2) is 4.98 Å². The molecule has 1 amide bonds. The Kier molecular flexibility index (Phi) is 6.69. The summed E-state index contributed by atoms with van der Waals surface area (Å²) >= 11 is 6.02. The lowest BCUT2D eigenvalue weighted by Gasteiger charge is -2.12. The zero-order valence-electron chi connectivity index (χ0n) is 14.8. The van der Waals surface area contributed by atoms with Gasteiger partial charge in [0.05, 0.1) is 24.4 Å². The van der Waals surface area contributed by atoms with Crippen molar-refractivity contribution >= 4 is 60.8 Å². The van der Waals surface area contributed by atoms with E-state index >= 15 is 0 Å². The summed E-state index contributed by atoms with van der Waals surface area (Å²) in [6.45, 7) is 2.73. The number of hydrogen-bond donors (Lipinski definition) is 1. The predicted molar refractivity (Wildman–Crippen MR) is 114 cm³/mol. The molecule has 1 aromatic carbocycles. The largest absolute Gasteiger partial charge is 0.383 e. The van der Waals surface area contributed by atoms with Crippen LogP contribution in [-0.4, -0.2) is 34.9 Å². The number of aromatic nitrogens is 2. The Morgan fingerprint density at radius 3 is 2.96 bits per heavy atom. The first-order valence-corrected chi connectivity index (χ1v) is 10.8. The number of carbonyl (C=O) groups excluding carboxylic acids is 1. The average molecular weight is 468 g/mol. The minimum Gasteiger partial charge on any atom is -0.383 e. The fraction of sp³-hybridized carbons (Fsp3) is 0.278. The van der Waals surface area contributed by atoms with Crippen molar-refractivity contribution in [1.82, 2.24) is 9.55 Å². The Morgan fingerprint density at radius 2 is 2.22 bits per heavy atom. The molecule has 1 N–H and O–H groups in total. The Morgan fingerprint density at radius 1 is 1.41 bits per heavy atom. The van der Waals surface area contributed by atoms with Crippen LogP contribution in [0.15, 0.2) is 44.1 Å². The Labute approximate surface area is 173 Å². The smallest absolute Gasteiger partial charge is 0.272 e. The van der Waals surface area contributed by atoms with E-state index < -0.39 is 0 Å². The third kappa shape index (κ3) is 4.78. The number of halogens is 1. The third-order valence-corrected chi connectivity index (χ3v) is 6.21. The molecular weight excluding hydrogens is 450 g/mol. The highest BCUT2D eigenvalue weighted by atomic mass is 79.9. The molecule has 9 heteroatoms. The predicted octanol–water partition coefficient (Wildman–Crippen LogP) is 3.91. The molecule has 0 atom stereocenters. The standard InChI is InChI=1S/C18H18BrN3O3S2/c1-11-9-12(19)3-4-13(11)20-15(23)10-27-18-21-14-5-8-26-16(14)17(24)22(18)6-7-25-2/h3-5,8-9H,6-7,10H2,1-2H3,(H,20,23). The fourth-order valence-electron chi connectivity index (χ4n) is 2.50. The summed E-state index contributed by atoms with van der Waals surface area (Å²) in [5, 5.41) is 5.26. The minimum atomic E-state index is -0.150. The van der Waals surface area contributed by atoms with Crippen LogP contribution in [-0.2, 0) is 16.1 Å². The zero-order chi connectivity index (χ0) is 19.4. The highest BCUT2D eigenvalue weighted by molar-refractivity contribution is 9.10. The van der Waals surface area contributed by atoms with Gasteiger partial charge in [-0.2, -0.15) is 0 Å². The molecule has 3 rings (SSSR count). The molecule has 27 heavy (non-hydrogen) atoms. The van der Waals surface area contributed by atoms with Crippen molar-refractivity contribution < 1.29 is 9.53 Å². The number of hydrogen-bond acceptors (Lipinski definition) is 6. The quantitative estimate of drug-likeness (QED) is 0.421. The molecule has 0 aliphatic rings. The van der Waals surface area contributed by atoms with Gasteiger partial charge in [-0.1, -0.05) is 27.7 Å². The SMILES string of the molecule is COCCn1c(SCC(=O)Nc2ccc(Br)cc2C)nc2ccsc2c1=O. The first kappa shape index (κ1) is 20.1. The molecular formula is C18H18BrN3O3S2. The normalized spacial score (nSPS) is 11.1. The van der Waals surface area contributed by atoms with E-state index in [1.807, 2.05) is 36.6 Å². The lowest BCUT2D eigenvalue weighted by atomic mass is 10.2. The number of carbonyl (C=O) groups is 1. The van der Waals surface area contributed by atoms with Gasteiger partial charge in [-0.15, -0.1) is 11.3 Å². The van der Waals surface area contributed by atoms with E-state index in [-0.39, 0.29) is 17.2 Å². The first-order chi connectivity index (χ1) is 13.0. The van der Waals surface area contributed by atoms with Crippen LogP contribution in [0.1, 0.15) is 5.56 Å². The van der Waals surface area contributed by atoms with Crippen LogP contribution in [0.5, 0.6) is 0 Å². The molecule has 3 aromatic rings. The second-order valence-electron chi connectivity index (χ2n) is 5.78. The number of thiophene rings is 1. The van der Waals surface area contributed by atoms with E-state index in [9.17, 15) is 9.59 Å². The van der Waals surface area contributed by atoms with Gasteiger partial charge in [0.15, 0.2) is 5.16 Å². The molecule has 0 unspecified atom stereocenters. The maximum Gasteiger partial charge on any atom is 0.272 e. The number of nitrogens with zero attached hydrogens (tertiary/aromatic N) is 2. The summed E-state index contributed by atoms with van der Waals surface area (Å²) in [6, 6.07) is 7.49. The van der Waals surface area contributed by atoms with E-state index in [1.54, 1.807) is 11.7 Å². The molecule has 2 heterocycles. The van der Waals surface area contributed by atoms with E-state index in [0.717, 1.165) is 15.7 Å². The number of anilines is 1. The highest BCUT2D eigenvalue weighted by Gasteiger charge is 2.14. The monoisotopic (exact) mass is 467 g/mol. The Bertz CT molecular complexity index is 1030. The molecule has 142 valence electrons. The maximum atomic E-state index is 12.7. The average Bonchev–Trinajstić information content (AvgIpc) is 3.10. The summed E-state index contributed by atoms with van der Waals surface area (Å²) < 4.78 is 8.25. The molecule has 0 spiro atoms. The molecule has 0 aliphatic carbocycles. The van der Waals surface area contributed by atoms with Crippen LogP contribution in [0.3, 0.4) is 0 Å². The van der Waals surface area contributed by atoms with Crippen molar-refractivity contribution in [3.8, 4) is 0 Å². The van der Waals surface area contributed by atoms with Gasteiger partial charge in [0.25, 0.3) is 5.56 Å². The highest BCUT2D eigenvalue weighted by Crippen LogP contribution is 2.23. The van der Waals surface area contributed by atoms with Crippen LogP contribution < -0.4 is 10.9 Å². The summed E-state index contributed by atoms with van der Waals surface area (Å²) in [6.07, 6.45) is 0. The van der Waals surface area contributed by atoms with Crippen LogP contribution in [0.2, 0.25) is 0 Å². The molecule has 0 saturated heterocycles. The van der Waals surface area contributed by atoms with E-state index in [2.05, 4.69) is 26.2 Å². The number of rotatable bonds is 7. The number of nitrogens with one attached hydrogen (secondary N) is 1. The van der Waals surface area contributed by atoms with E-state index in [1.165, 1.54) is 23.1 Å². The number of benzene rings is 1. The van der Waals surface area contributed by atoms with Gasteiger partial charge in [0.1, 0.15) is 4.70 Å². The molecule has 6 nitrogen and oxygen atoms in total. The molecule has 0 bridgehead atoms. The summed E-state index contributed by atoms with van der Waals surface area (Å²) in [7, 11) is 1.59. The van der Waals surface area contributed by atoms with Gasteiger partial charge in [0, 0.05) is 17.3 Å². The van der Waals surface area contributed by atoms with Crippen LogP contribution in [0, 0.1) is 6.92 Å². The summed E-state index contributed by atoms with van der Waals surface area (Å²) in [5.41, 5.74) is 2.29. The first-order valence-electron chi connectivity index (χ1n) is 8.15. The van der Waals surface area contributed by atoms with Crippen LogP contribution >= 0.6 is 39.0 Å². The van der Waals surface area contributed by atoms with Gasteiger partial charge in [-0.05, 0) is 42.1 Å². The van der Waals surface area contributed by atoms with E-state index in [0.29, 0.717) is 28.5 Å². The van der Waals surface area contributed by atoms with Gasteiger partial charge in [0.2, 0.25) is 5.91 Å². The summed E-state index contributed by atoms with van der Waals surface area (Å²) in [5.74, 6) is 0.00766. The van der Waals surface area contributed by atoms with E-state index in [4.69, 9.17) is 4.74 Å². The van der Waals surface area contributed by atoms with Gasteiger partial charge < -0.3 is 10.1 Å². The van der Waals surface area contributed by atoms with Crippen molar-refractivity contribution in [3.63, 3.8) is 0 Å². The van der Waals surface area contributed by atoms with Crippen molar-refractivity contribution in [2.45, 2.75) is 18.6 Å². The number of methoxy groups -OCH3 is 1. The number of aryl methyl sites for hydroxylation is 1. The number of amides is 1. The van der Waals surface area contributed by atoms with Crippen molar-refractivity contribution in [1.29, 1.82) is 0 Å². The second kappa shape index (κ2) is 9.01. The number of ether oxygens (including phenoxy) is 1. The van der Waals surface area contributed by atoms with Crippen molar-refractivity contribution in [3.05, 3.63) is 50.0 Å². The number of thioether (sulfide) groups is 1. The lowest BCUT2D eigenvalue weighted by Crippen LogP contribution is -2.25. The van der Waals surface area contributed by atoms with Gasteiger partial charge in [-0.3, -0.25) is 14.2 Å². The minimum absolute atomic E-state index is 0.0984. The maximum absolute atomic E-state index is 12.7. The summed E-state index contributed by atoms with van der Waals surface area (Å²) in [4.78, 5) is 29.6. The topological polar surface area (TPSA) is 73.2 Å². The zero-order valence-corrected chi connectivity index (χ0v) is 18.0. The second-order valence-corrected chi connectivity index (χ2v) is 8.55. The lowest BCUT2D eigenvalue weighted by molar-refractivity contribution is -0.113. The molecule has 2 aromatic heterocycles. The molecule has 0 radical (unpaired) electrons. The molecule has 0 fully saturated rings. The van der Waals surface area contributed by atoms with Crippen molar-refractivity contribution in [2.24, 2.45) is 0 Å². The fourth-order valence-corrected chi connectivity index (χ4v) is 4.58. The van der Waals surface area contributed by atoms with Crippen molar-refractivity contribution in [2.75, 3.05) is 24.8 Å². The number of fused-ring (bicyclic) bond motifs is 1. The van der Waals surface area contributed by atoms with Gasteiger partial charge >= 0.3 is 0 Å². The van der Waals surface area contributed by atoms with Crippen LogP contribution in [0.25, 0.3) is 10.2 Å². The van der Waals surface area contributed by atoms with Crippen LogP contribution in [0.4, 0.5) is 5.69 Å². The Balaban J connectivity index is 1.77. The molecule has 0 saturated carbocycles. The Hall–Kier alpha value is -1.68. The molecule has 0 aliphatic heterocycles.